The van der Waals surface area contributed by atoms with Crippen molar-refractivity contribution in [1.29, 1.82) is 0 Å². The Bertz CT molecular complexity index is 1290. The van der Waals surface area contributed by atoms with Crippen molar-refractivity contribution in [2.75, 3.05) is 12.3 Å². The molecule has 0 radical (unpaired) electrons. The summed E-state index contributed by atoms with van der Waals surface area (Å²) in [6.45, 7) is 2.52. The van der Waals surface area contributed by atoms with Crippen LogP contribution < -0.4 is 11.1 Å². The molecule has 1 aromatic carbocycles. The maximum absolute atomic E-state index is 13.6. The van der Waals surface area contributed by atoms with Gasteiger partial charge in [-0.2, -0.15) is 18.3 Å². The van der Waals surface area contributed by atoms with Crippen LogP contribution in [0.4, 0.5) is 19.0 Å². The van der Waals surface area contributed by atoms with Crippen molar-refractivity contribution >= 4 is 17.2 Å². The van der Waals surface area contributed by atoms with Crippen molar-refractivity contribution in [3.63, 3.8) is 0 Å². The number of nitrogens with zero attached hydrogens (tertiary/aromatic N) is 4. The molecule has 1 unspecified atom stereocenters. The molecule has 0 spiro atoms. The highest BCUT2D eigenvalue weighted by molar-refractivity contribution is 5.95. The number of carbonyl (C=O) groups excluding carboxylic acids is 1. The average Bonchev–Trinajstić information content (AvgIpc) is 3.21. The fraction of sp³-hybridized carbons (Fsp3) is 0.217. The fourth-order valence-electron chi connectivity index (χ4n) is 3.65. The number of alkyl halides is 3. The van der Waals surface area contributed by atoms with Gasteiger partial charge in [0.05, 0.1) is 16.8 Å². The van der Waals surface area contributed by atoms with E-state index in [9.17, 15) is 18.0 Å². The third-order valence-electron chi connectivity index (χ3n) is 5.42. The maximum Gasteiger partial charge on any atom is 0.418 e. The average molecular weight is 454 g/mol. The van der Waals surface area contributed by atoms with Gasteiger partial charge in [0, 0.05) is 24.5 Å². The summed E-state index contributed by atoms with van der Waals surface area (Å²) < 4.78 is 41.7. The molecule has 7 nitrogen and oxygen atoms in total. The molecule has 0 aliphatic rings. The number of carbonyl (C=O) groups is 1. The molecule has 1 atom stereocenters. The van der Waals surface area contributed by atoms with E-state index < -0.39 is 11.7 Å². The number of nitrogens with one attached hydrogen (secondary N) is 1. The Balaban J connectivity index is 1.55. The predicted molar refractivity (Wildman–Crippen MR) is 117 cm³/mol. The van der Waals surface area contributed by atoms with Crippen molar-refractivity contribution in [1.82, 2.24) is 24.9 Å². The molecule has 170 valence electrons. The monoisotopic (exact) mass is 454 g/mol. The molecule has 10 heteroatoms. The van der Waals surface area contributed by atoms with Gasteiger partial charge in [0.1, 0.15) is 11.8 Å². The van der Waals surface area contributed by atoms with Crippen LogP contribution in [-0.4, -0.2) is 32.0 Å². The Morgan fingerprint density at radius 3 is 2.67 bits per heavy atom. The van der Waals surface area contributed by atoms with E-state index >= 15 is 0 Å². The van der Waals surface area contributed by atoms with Crippen LogP contribution in [0.1, 0.15) is 40.7 Å². The third kappa shape index (κ3) is 4.64. The summed E-state index contributed by atoms with van der Waals surface area (Å²) in [6.07, 6.45) is -0.112. The van der Waals surface area contributed by atoms with Crippen molar-refractivity contribution in [3.05, 3.63) is 77.9 Å². The van der Waals surface area contributed by atoms with E-state index in [4.69, 9.17) is 5.73 Å². The summed E-state index contributed by atoms with van der Waals surface area (Å²) in [5.41, 5.74) is 6.20. The lowest BCUT2D eigenvalue weighted by atomic mass is 9.98. The minimum atomic E-state index is -4.65. The lowest BCUT2D eigenvalue weighted by Crippen LogP contribution is -2.25. The number of hydrogen-bond donors (Lipinski definition) is 2. The quantitative estimate of drug-likeness (QED) is 0.452. The fourth-order valence-corrected chi connectivity index (χ4v) is 3.65. The van der Waals surface area contributed by atoms with E-state index in [2.05, 4.69) is 27.3 Å². The van der Waals surface area contributed by atoms with Gasteiger partial charge in [-0.15, -0.1) is 0 Å². The Hall–Kier alpha value is -3.95. The summed E-state index contributed by atoms with van der Waals surface area (Å²) in [7, 11) is 0. The second-order valence-corrected chi connectivity index (χ2v) is 7.67. The molecule has 33 heavy (non-hydrogen) atoms. The maximum atomic E-state index is 13.6. The SMILES string of the molecule is CC(CCNC(=O)c1cncc(-c2cc(C(F)(F)F)c3c(N)ncnn23)c1)c1ccccc1. The van der Waals surface area contributed by atoms with Gasteiger partial charge in [0.25, 0.3) is 5.91 Å². The Labute approximate surface area is 187 Å². The minimum absolute atomic E-state index is 0.103. The highest BCUT2D eigenvalue weighted by Crippen LogP contribution is 2.38. The van der Waals surface area contributed by atoms with E-state index in [1.165, 1.54) is 24.0 Å². The van der Waals surface area contributed by atoms with Gasteiger partial charge in [0.2, 0.25) is 0 Å². The first-order valence-corrected chi connectivity index (χ1v) is 10.2. The first kappa shape index (κ1) is 22.3. The summed E-state index contributed by atoms with van der Waals surface area (Å²) in [4.78, 5) is 20.4. The second-order valence-electron chi connectivity index (χ2n) is 7.67. The number of nitrogen functional groups attached to an aromatic ring is 1. The molecule has 3 heterocycles. The molecule has 0 bridgehead atoms. The number of anilines is 1. The van der Waals surface area contributed by atoms with Gasteiger partial charge < -0.3 is 11.1 Å². The molecular weight excluding hydrogens is 433 g/mol. The highest BCUT2D eigenvalue weighted by atomic mass is 19.4. The Kier molecular flexibility index (Phi) is 5.99. The van der Waals surface area contributed by atoms with Gasteiger partial charge >= 0.3 is 6.18 Å². The summed E-state index contributed by atoms with van der Waals surface area (Å²) in [5, 5.41) is 6.76. The molecule has 1 amide bonds. The van der Waals surface area contributed by atoms with Crippen molar-refractivity contribution in [3.8, 4) is 11.3 Å². The Morgan fingerprint density at radius 2 is 1.94 bits per heavy atom. The number of nitrogens with two attached hydrogens (primary N) is 1. The zero-order valence-corrected chi connectivity index (χ0v) is 17.7. The molecule has 0 aliphatic carbocycles. The van der Waals surface area contributed by atoms with Crippen LogP contribution in [0.2, 0.25) is 0 Å². The van der Waals surface area contributed by atoms with E-state index in [1.54, 1.807) is 0 Å². The topological polar surface area (TPSA) is 98.2 Å². The summed E-state index contributed by atoms with van der Waals surface area (Å²) in [6, 6.07) is 12.4. The number of benzene rings is 1. The number of amides is 1. The van der Waals surface area contributed by atoms with Crippen molar-refractivity contribution < 1.29 is 18.0 Å². The van der Waals surface area contributed by atoms with Gasteiger partial charge in [-0.1, -0.05) is 37.3 Å². The molecule has 4 aromatic rings. The normalized spacial score (nSPS) is 12.6. The van der Waals surface area contributed by atoms with Crippen LogP contribution in [0.25, 0.3) is 16.8 Å². The largest absolute Gasteiger partial charge is 0.418 e. The van der Waals surface area contributed by atoms with Crippen molar-refractivity contribution in [2.24, 2.45) is 0 Å². The molecule has 0 saturated carbocycles. The van der Waals surface area contributed by atoms with Gasteiger partial charge in [0.15, 0.2) is 5.82 Å². The number of halogens is 3. The third-order valence-corrected chi connectivity index (χ3v) is 5.42. The molecular formula is C23H21F3N6O. The number of pyridine rings is 1. The van der Waals surface area contributed by atoms with Gasteiger partial charge in [-0.05, 0) is 30.0 Å². The molecule has 0 aliphatic heterocycles. The van der Waals surface area contributed by atoms with Crippen LogP contribution in [0.3, 0.4) is 0 Å². The summed E-state index contributed by atoms with van der Waals surface area (Å²) in [5.74, 6) is -0.400. The number of fused-ring (bicyclic) bond motifs is 1. The predicted octanol–water partition coefficient (Wildman–Crippen LogP) is 4.32. The highest BCUT2D eigenvalue weighted by Gasteiger charge is 2.36. The van der Waals surface area contributed by atoms with Crippen LogP contribution in [0.15, 0.2) is 61.2 Å². The molecule has 0 saturated heterocycles. The van der Waals surface area contributed by atoms with Gasteiger partial charge in [-0.25, -0.2) is 9.50 Å². The molecule has 3 aromatic heterocycles. The lowest BCUT2D eigenvalue weighted by Gasteiger charge is -2.12. The molecule has 4 rings (SSSR count). The number of aromatic nitrogens is 4. The van der Waals surface area contributed by atoms with E-state index in [0.29, 0.717) is 12.1 Å². The first-order chi connectivity index (χ1) is 15.8. The molecule has 3 N–H and O–H groups in total. The van der Waals surface area contributed by atoms with Gasteiger partial charge in [-0.3, -0.25) is 9.78 Å². The summed E-state index contributed by atoms with van der Waals surface area (Å²) >= 11 is 0. The standard InChI is InChI=1S/C23H21F3N6O/c1-14(15-5-3-2-4-6-15)7-8-29-22(33)17-9-16(11-28-12-17)19-10-18(23(24,25)26)20-21(27)30-13-31-32(19)20/h2-6,9-14H,7-8H2,1H3,(H,29,33)(H2,27,30,31). The Morgan fingerprint density at radius 1 is 1.18 bits per heavy atom. The van der Waals surface area contributed by atoms with E-state index in [0.717, 1.165) is 23.3 Å². The second kappa shape index (κ2) is 8.89. The number of rotatable bonds is 6. The van der Waals surface area contributed by atoms with Crippen LogP contribution >= 0.6 is 0 Å². The zero-order valence-electron chi connectivity index (χ0n) is 17.7. The molecule has 0 fully saturated rings. The number of hydrogen-bond acceptors (Lipinski definition) is 5. The van der Waals surface area contributed by atoms with Crippen molar-refractivity contribution in [2.45, 2.75) is 25.4 Å². The first-order valence-electron chi connectivity index (χ1n) is 10.2. The minimum Gasteiger partial charge on any atom is -0.382 e. The van der Waals surface area contributed by atoms with Crippen LogP contribution in [-0.2, 0) is 6.18 Å². The zero-order chi connectivity index (χ0) is 23.6. The lowest BCUT2D eigenvalue weighted by molar-refractivity contribution is -0.136. The van der Waals surface area contributed by atoms with E-state index in [1.807, 2.05) is 30.3 Å². The van der Waals surface area contributed by atoms with E-state index in [-0.39, 0.29) is 34.4 Å². The van der Waals surface area contributed by atoms with Crippen LogP contribution in [0.5, 0.6) is 0 Å². The van der Waals surface area contributed by atoms with Crippen LogP contribution in [0, 0.1) is 0 Å². The smallest absolute Gasteiger partial charge is 0.382 e.